The molecule has 2 fully saturated rings. The number of benzene rings is 1. The van der Waals surface area contributed by atoms with E-state index in [2.05, 4.69) is 34.8 Å². The van der Waals surface area contributed by atoms with Crippen molar-refractivity contribution in [3.05, 3.63) is 72.1 Å². The molecule has 2 aromatic rings. The first-order chi connectivity index (χ1) is 15.9. The van der Waals surface area contributed by atoms with Crippen LogP contribution in [0.3, 0.4) is 0 Å². The molecule has 2 aliphatic heterocycles. The largest absolute Gasteiger partial charge is 0.495 e. The van der Waals surface area contributed by atoms with Gasteiger partial charge in [0, 0.05) is 52.9 Å². The number of piperidine rings is 1. The van der Waals surface area contributed by atoms with Crippen LogP contribution in [0.25, 0.3) is 10.9 Å². The van der Waals surface area contributed by atoms with E-state index in [4.69, 9.17) is 16.3 Å². The summed E-state index contributed by atoms with van der Waals surface area (Å²) in [5.74, 6) is 1.08. The summed E-state index contributed by atoms with van der Waals surface area (Å²) in [6, 6.07) is 9.47. The van der Waals surface area contributed by atoms with Crippen LogP contribution >= 0.6 is 11.6 Å². The van der Waals surface area contributed by atoms with Crippen LogP contribution in [0.1, 0.15) is 63.2 Å². The maximum Gasteiger partial charge on any atom is 0.161 e. The summed E-state index contributed by atoms with van der Waals surface area (Å²) in [5.41, 5.74) is 1.99. The Morgan fingerprint density at radius 1 is 1.09 bits per heavy atom. The van der Waals surface area contributed by atoms with E-state index in [0.717, 1.165) is 59.6 Å². The van der Waals surface area contributed by atoms with Crippen LogP contribution in [0.15, 0.2) is 66.6 Å². The Kier molecular flexibility index (Phi) is 8.99. The van der Waals surface area contributed by atoms with Gasteiger partial charge in [-0.2, -0.15) is 0 Å². The fraction of sp³-hybridized carbons (Fsp3) is 0.464. The summed E-state index contributed by atoms with van der Waals surface area (Å²) >= 11 is 5.92. The van der Waals surface area contributed by atoms with Gasteiger partial charge in [0.1, 0.15) is 6.10 Å². The van der Waals surface area contributed by atoms with Gasteiger partial charge in [0.2, 0.25) is 0 Å². The standard InChI is InChI=1S/C26H33ClN2O2.C2H4/c1-18(27)9-10-19(2)31-23-15-21-11-12-22(16-23)29(21)14-6-13-28-17-25(20(3)30)24-7-4-5-8-26(24)28;1-2/h4-5,7-10,17,21-23H,6,11-16H2,1-3H3;1-2H2/b18-9+,19-10+;. The van der Waals surface area contributed by atoms with Crippen molar-refractivity contribution < 1.29 is 9.53 Å². The molecule has 4 nitrogen and oxygen atoms in total. The lowest BCUT2D eigenvalue weighted by molar-refractivity contribution is 0.0130. The van der Waals surface area contributed by atoms with Crippen LogP contribution in [-0.4, -0.2) is 40.0 Å². The molecule has 2 aliphatic rings. The molecule has 3 heterocycles. The smallest absolute Gasteiger partial charge is 0.161 e. The third-order valence-electron chi connectivity index (χ3n) is 6.72. The van der Waals surface area contributed by atoms with Crippen LogP contribution in [0.2, 0.25) is 0 Å². The second kappa shape index (κ2) is 11.7. The summed E-state index contributed by atoms with van der Waals surface area (Å²) in [5, 5.41) is 1.83. The fourth-order valence-electron chi connectivity index (χ4n) is 5.36. The van der Waals surface area contributed by atoms with Crippen molar-refractivity contribution >= 4 is 28.3 Å². The maximum atomic E-state index is 12.0. The molecular formula is C28H37ClN2O2. The lowest BCUT2D eigenvalue weighted by Crippen LogP contribution is -2.45. The Morgan fingerprint density at radius 3 is 2.39 bits per heavy atom. The molecule has 4 rings (SSSR count). The summed E-state index contributed by atoms with van der Waals surface area (Å²) in [6.45, 7) is 13.6. The number of aryl methyl sites for hydroxylation is 1. The number of aromatic nitrogens is 1. The van der Waals surface area contributed by atoms with Gasteiger partial charge < -0.3 is 9.30 Å². The molecule has 5 heteroatoms. The number of ketones is 1. The monoisotopic (exact) mass is 468 g/mol. The van der Waals surface area contributed by atoms with Gasteiger partial charge in [-0.1, -0.05) is 29.8 Å². The number of allylic oxidation sites excluding steroid dienone is 4. The first kappa shape index (κ1) is 25.3. The summed E-state index contributed by atoms with van der Waals surface area (Å²) in [4.78, 5) is 14.7. The SMILES string of the molecule is C=C.CC(=O)c1cn(CCCN2C3CCC2CC(O/C(C)=C/C=C(\C)Cl)C3)c2ccccc12. The summed E-state index contributed by atoms with van der Waals surface area (Å²) in [7, 11) is 0. The number of hydrogen-bond donors (Lipinski definition) is 0. The number of ether oxygens (including phenoxy) is 1. The molecule has 0 amide bonds. The molecule has 0 radical (unpaired) electrons. The van der Waals surface area contributed by atoms with Crippen molar-refractivity contribution in [2.24, 2.45) is 0 Å². The van der Waals surface area contributed by atoms with E-state index in [9.17, 15) is 4.79 Å². The summed E-state index contributed by atoms with van der Waals surface area (Å²) in [6.07, 6.45) is 12.0. The number of Topliss-reactive ketones (excluding diaryl/α,β-unsaturated/α-hetero) is 1. The van der Waals surface area contributed by atoms with E-state index in [1.165, 1.54) is 12.8 Å². The third-order valence-corrected chi connectivity index (χ3v) is 6.85. The number of para-hydroxylation sites is 1. The number of fused-ring (bicyclic) bond motifs is 3. The minimum Gasteiger partial charge on any atom is -0.495 e. The highest BCUT2D eigenvalue weighted by molar-refractivity contribution is 6.29. The topological polar surface area (TPSA) is 34.5 Å². The van der Waals surface area contributed by atoms with E-state index in [1.54, 1.807) is 6.92 Å². The zero-order valence-corrected chi connectivity index (χ0v) is 21.0. The zero-order chi connectivity index (χ0) is 24.0. The van der Waals surface area contributed by atoms with Gasteiger partial charge in [-0.15, -0.1) is 13.2 Å². The molecule has 178 valence electrons. The Labute approximate surface area is 203 Å². The Balaban J connectivity index is 0.00000149. The van der Waals surface area contributed by atoms with Gasteiger partial charge in [0.05, 0.1) is 5.76 Å². The minimum absolute atomic E-state index is 0.135. The van der Waals surface area contributed by atoms with Crippen molar-refractivity contribution in [3.8, 4) is 0 Å². The molecule has 2 unspecified atom stereocenters. The van der Waals surface area contributed by atoms with Gasteiger partial charge in [-0.3, -0.25) is 9.69 Å². The zero-order valence-electron chi connectivity index (χ0n) is 20.2. The number of halogens is 1. The number of carbonyl (C=O) groups excluding carboxylic acids is 1. The molecule has 33 heavy (non-hydrogen) atoms. The predicted molar refractivity (Wildman–Crippen MR) is 139 cm³/mol. The third kappa shape index (κ3) is 6.18. The first-order valence-electron chi connectivity index (χ1n) is 11.9. The highest BCUT2D eigenvalue weighted by Gasteiger charge is 2.41. The van der Waals surface area contributed by atoms with E-state index >= 15 is 0 Å². The second-order valence-electron chi connectivity index (χ2n) is 9.03. The Morgan fingerprint density at radius 2 is 1.76 bits per heavy atom. The molecule has 2 atom stereocenters. The quantitative estimate of drug-likeness (QED) is 0.179. The van der Waals surface area contributed by atoms with Crippen LogP contribution < -0.4 is 0 Å². The number of nitrogens with zero attached hydrogens (tertiary/aromatic N) is 2. The van der Waals surface area contributed by atoms with Crippen LogP contribution in [-0.2, 0) is 11.3 Å². The average molecular weight is 469 g/mol. The molecule has 2 bridgehead atoms. The maximum absolute atomic E-state index is 12.0. The fourth-order valence-corrected chi connectivity index (χ4v) is 5.42. The van der Waals surface area contributed by atoms with Crippen LogP contribution in [0, 0.1) is 0 Å². The van der Waals surface area contributed by atoms with Crippen molar-refractivity contribution in [2.45, 2.75) is 77.6 Å². The van der Waals surface area contributed by atoms with Gasteiger partial charge in [0.25, 0.3) is 0 Å². The minimum atomic E-state index is 0.135. The van der Waals surface area contributed by atoms with Crippen molar-refractivity contribution in [2.75, 3.05) is 6.54 Å². The molecule has 1 aromatic heterocycles. The molecular weight excluding hydrogens is 432 g/mol. The lowest BCUT2D eigenvalue weighted by Gasteiger charge is -2.39. The molecule has 0 aliphatic carbocycles. The van der Waals surface area contributed by atoms with Crippen LogP contribution in [0.4, 0.5) is 0 Å². The average Bonchev–Trinajstić information content (AvgIpc) is 3.28. The van der Waals surface area contributed by atoms with Gasteiger partial charge in [0.15, 0.2) is 5.78 Å². The normalized spacial score (nSPS) is 23.3. The lowest BCUT2D eigenvalue weighted by atomic mass is 9.99. The highest BCUT2D eigenvalue weighted by atomic mass is 35.5. The Hall–Kier alpha value is -2.30. The van der Waals surface area contributed by atoms with E-state index < -0.39 is 0 Å². The van der Waals surface area contributed by atoms with Gasteiger partial charge in [-0.05, 0) is 71.1 Å². The van der Waals surface area contributed by atoms with Crippen LogP contribution in [0.5, 0.6) is 0 Å². The molecule has 0 N–H and O–H groups in total. The molecule has 1 aromatic carbocycles. The predicted octanol–water partition coefficient (Wildman–Crippen LogP) is 7.09. The van der Waals surface area contributed by atoms with Gasteiger partial charge >= 0.3 is 0 Å². The van der Waals surface area contributed by atoms with Gasteiger partial charge in [-0.25, -0.2) is 0 Å². The van der Waals surface area contributed by atoms with Crippen molar-refractivity contribution in [3.63, 3.8) is 0 Å². The number of rotatable bonds is 8. The van der Waals surface area contributed by atoms with E-state index in [-0.39, 0.29) is 5.78 Å². The van der Waals surface area contributed by atoms with Crippen molar-refractivity contribution in [1.29, 1.82) is 0 Å². The molecule has 0 spiro atoms. The number of carbonyl (C=O) groups is 1. The number of hydrogen-bond acceptors (Lipinski definition) is 3. The molecule has 2 saturated heterocycles. The Bertz CT molecular complexity index is 1000. The highest BCUT2D eigenvalue weighted by Crippen LogP contribution is 2.37. The second-order valence-corrected chi connectivity index (χ2v) is 9.62. The van der Waals surface area contributed by atoms with Crippen molar-refractivity contribution in [1.82, 2.24) is 9.47 Å². The first-order valence-corrected chi connectivity index (χ1v) is 12.3. The van der Waals surface area contributed by atoms with E-state index in [1.807, 2.05) is 44.3 Å². The summed E-state index contributed by atoms with van der Waals surface area (Å²) < 4.78 is 8.47. The molecule has 0 saturated carbocycles. The van der Waals surface area contributed by atoms with E-state index in [0.29, 0.717) is 18.2 Å².